The van der Waals surface area contributed by atoms with Crippen molar-refractivity contribution in [1.29, 1.82) is 0 Å². The van der Waals surface area contributed by atoms with E-state index < -0.39 is 0 Å². The molecule has 0 bridgehead atoms. The smallest absolute Gasteiger partial charge is 0.271 e. The first kappa shape index (κ1) is 20.9. The SMILES string of the molecule is CCN1c2cc(C)c(/C=N\NC(=O)c3ccc(OC)cc3)cc2[C@@H](C)CC1(C)C. The van der Waals surface area contributed by atoms with Crippen LogP contribution in [0.3, 0.4) is 0 Å². The Morgan fingerprint density at radius 1 is 1.31 bits per heavy atom. The van der Waals surface area contributed by atoms with Gasteiger partial charge in [-0.1, -0.05) is 6.92 Å². The zero-order chi connectivity index (χ0) is 21.2. The number of hydrogen-bond acceptors (Lipinski definition) is 4. The number of hydrazone groups is 1. The van der Waals surface area contributed by atoms with E-state index >= 15 is 0 Å². The van der Waals surface area contributed by atoms with Gasteiger partial charge in [-0.3, -0.25) is 4.79 Å². The summed E-state index contributed by atoms with van der Waals surface area (Å²) >= 11 is 0. The molecule has 3 rings (SSSR count). The number of rotatable bonds is 5. The number of ether oxygens (including phenoxy) is 1. The van der Waals surface area contributed by atoms with E-state index in [-0.39, 0.29) is 11.4 Å². The number of amides is 1. The van der Waals surface area contributed by atoms with E-state index in [9.17, 15) is 4.79 Å². The Balaban J connectivity index is 1.79. The van der Waals surface area contributed by atoms with Gasteiger partial charge in [-0.15, -0.1) is 0 Å². The lowest BCUT2D eigenvalue weighted by Crippen LogP contribution is -2.48. The first-order chi connectivity index (χ1) is 13.8. The maximum Gasteiger partial charge on any atom is 0.271 e. The van der Waals surface area contributed by atoms with Crippen LogP contribution in [0.2, 0.25) is 0 Å². The Bertz CT molecular complexity index is 916. The molecule has 0 radical (unpaired) electrons. The maximum absolute atomic E-state index is 12.3. The topological polar surface area (TPSA) is 53.9 Å². The molecular formula is C24H31N3O2. The average Bonchev–Trinajstić information content (AvgIpc) is 2.68. The van der Waals surface area contributed by atoms with Crippen LogP contribution >= 0.6 is 0 Å². The molecular weight excluding hydrogens is 362 g/mol. The highest BCUT2D eigenvalue weighted by Crippen LogP contribution is 2.43. The third-order valence-corrected chi connectivity index (χ3v) is 5.81. The van der Waals surface area contributed by atoms with Gasteiger partial charge in [0.15, 0.2) is 0 Å². The number of fused-ring (bicyclic) bond motifs is 1. The first-order valence-corrected chi connectivity index (χ1v) is 10.2. The summed E-state index contributed by atoms with van der Waals surface area (Å²) < 4.78 is 5.12. The van der Waals surface area contributed by atoms with Gasteiger partial charge < -0.3 is 9.64 Å². The minimum Gasteiger partial charge on any atom is -0.497 e. The number of nitrogens with one attached hydrogen (secondary N) is 1. The van der Waals surface area contributed by atoms with Crippen LogP contribution in [0.5, 0.6) is 5.75 Å². The summed E-state index contributed by atoms with van der Waals surface area (Å²) in [5, 5.41) is 4.19. The summed E-state index contributed by atoms with van der Waals surface area (Å²) in [5.41, 5.74) is 8.14. The van der Waals surface area contributed by atoms with E-state index in [0.717, 1.165) is 24.1 Å². The number of nitrogens with zero attached hydrogens (tertiary/aromatic N) is 2. The molecule has 1 N–H and O–H groups in total. The summed E-state index contributed by atoms with van der Waals surface area (Å²) in [5.74, 6) is 0.949. The van der Waals surface area contributed by atoms with Crippen molar-refractivity contribution in [1.82, 2.24) is 5.43 Å². The van der Waals surface area contributed by atoms with E-state index in [1.165, 1.54) is 11.3 Å². The molecule has 1 aliphatic rings. The molecule has 154 valence electrons. The molecule has 5 heteroatoms. The highest BCUT2D eigenvalue weighted by molar-refractivity contribution is 5.95. The van der Waals surface area contributed by atoms with Gasteiger partial charge in [-0.25, -0.2) is 5.43 Å². The molecule has 0 fully saturated rings. The van der Waals surface area contributed by atoms with Crippen molar-refractivity contribution in [3.63, 3.8) is 0 Å². The van der Waals surface area contributed by atoms with Gasteiger partial charge in [-0.05, 0) is 93.1 Å². The normalized spacial score (nSPS) is 17.9. The third-order valence-electron chi connectivity index (χ3n) is 5.81. The van der Waals surface area contributed by atoms with Crippen LogP contribution in [0.15, 0.2) is 41.5 Å². The van der Waals surface area contributed by atoms with Crippen molar-refractivity contribution in [2.24, 2.45) is 5.10 Å². The highest BCUT2D eigenvalue weighted by atomic mass is 16.5. The van der Waals surface area contributed by atoms with Gasteiger partial charge >= 0.3 is 0 Å². The lowest BCUT2D eigenvalue weighted by Gasteiger charge is -2.47. The summed E-state index contributed by atoms with van der Waals surface area (Å²) in [6.45, 7) is 12.2. The van der Waals surface area contributed by atoms with Crippen LogP contribution in [-0.2, 0) is 0 Å². The van der Waals surface area contributed by atoms with Crippen molar-refractivity contribution >= 4 is 17.8 Å². The number of anilines is 1. The molecule has 1 amide bonds. The van der Waals surface area contributed by atoms with E-state index in [1.807, 2.05) is 0 Å². The van der Waals surface area contributed by atoms with E-state index in [2.05, 4.69) is 62.2 Å². The molecule has 0 saturated carbocycles. The van der Waals surface area contributed by atoms with Crippen LogP contribution in [0.4, 0.5) is 5.69 Å². The maximum atomic E-state index is 12.3. The number of aryl methyl sites for hydroxylation is 1. The van der Waals surface area contributed by atoms with Crippen LogP contribution in [0.25, 0.3) is 0 Å². The molecule has 2 aromatic rings. The fourth-order valence-electron chi connectivity index (χ4n) is 4.36. The van der Waals surface area contributed by atoms with Gasteiger partial charge in [0.2, 0.25) is 0 Å². The molecule has 1 aliphatic heterocycles. The standard InChI is InChI=1S/C24H31N3O2/c1-7-27-22-12-16(2)19(13-21(22)17(3)14-24(27,4)5)15-25-26-23(28)18-8-10-20(29-6)11-9-18/h8-13,15,17H,7,14H2,1-6H3,(H,26,28)/b25-15-/t17-/m0/s1. The van der Waals surface area contributed by atoms with Crippen LogP contribution in [0, 0.1) is 6.92 Å². The second-order valence-corrected chi connectivity index (χ2v) is 8.36. The van der Waals surface area contributed by atoms with E-state index in [1.54, 1.807) is 37.6 Å². The quantitative estimate of drug-likeness (QED) is 0.582. The fourth-order valence-corrected chi connectivity index (χ4v) is 4.36. The second-order valence-electron chi connectivity index (χ2n) is 8.36. The number of methoxy groups -OCH3 is 1. The minimum atomic E-state index is -0.244. The Morgan fingerprint density at radius 3 is 2.62 bits per heavy atom. The molecule has 29 heavy (non-hydrogen) atoms. The monoisotopic (exact) mass is 393 g/mol. The summed E-state index contributed by atoms with van der Waals surface area (Å²) in [7, 11) is 1.60. The lowest BCUT2D eigenvalue weighted by atomic mass is 9.79. The van der Waals surface area contributed by atoms with Gasteiger partial charge in [0.25, 0.3) is 5.91 Å². The third kappa shape index (κ3) is 4.29. The van der Waals surface area contributed by atoms with Crippen molar-refractivity contribution in [3.8, 4) is 5.75 Å². The summed E-state index contributed by atoms with van der Waals surface area (Å²) in [4.78, 5) is 14.8. The molecule has 0 aliphatic carbocycles. The van der Waals surface area contributed by atoms with Crippen molar-refractivity contribution < 1.29 is 9.53 Å². The van der Waals surface area contributed by atoms with Gasteiger partial charge in [0.1, 0.15) is 5.75 Å². The molecule has 1 heterocycles. The van der Waals surface area contributed by atoms with E-state index in [0.29, 0.717) is 17.2 Å². The summed E-state index contributed by atoms with van der Waals surface area (Å²) in [6.07, 6.45) is 2.85. The van der Waals surface area contributed by atoms with Gasteiger partial charge in [0.05, 0.1) is 13.3 Å². The number of carbonyl (C=O) groups is 1. The van der Waals surface area contributed by atoms with Crippen LogP contribution in [0.1, 0.15) is 67.1 Å². The molecule has 2 aromatic carbocycles. The Hall–Kier alpha value is -2.82. The number of carbonyl (C=O) groups excluding carboxylic acids is 1. The summed E-state index contributed by atoms with van der Waals surface area (Å²) in [6, 6.07) is 11.4. The molecule has 0 saturated heterocycles. The zero-order valence-corrected chi connectivity index (χ0v) is 18.2. The molecule has 0 unspecified atom stereocenters. The predicted molar refractivity (Wildman–Crippen MR) is 119 cm³/mol. The average molecular weight is 394 g/mol. The first-order valence-electron chi connectivity index (χ1n) is 10.2. The predicted octanol–water partition coefficient (Wildman–Crippen LogP) is 4.88. The lowest BCUT2D eigenvalue weighted by molar-refractivity contribution is 0.0955. The molecule has 0 spiro atoms. The Labute approximate surface area is 173 Å². The van der Waals surface area contributed by atoms with Gasteiger partial charge in [-0.2, -0.15) is 5.10 Å². The van der Waals surface area contributed by atoms with Crippen LogP contribution < -0.4 is 15.1 Å². The van der Waals surface area contributed by atoms with Crippen molar-refractivity contribution in [2.75, 3.05) is 18.6 Å². The minimum absolute atomic E-state index is 0.148. The second kappa shape index (κ2) is 8.27. The van der Waals surface area contributed by atoms with E-state index in [4.69, 9.17) is 4.74 Å². The number of benzene rings is 2. The molecule has 5 nitrogen and oxygen atoms in total. The zero-order valence-electron chi connectivity index (χ0n) is 18.2. The van der Waals surface area contributed by atoms with Gasteiger partial charge in [0, 0.05) is 23.3 Å². The molecule has 0 aromatic heterocycles. The Kier molecular flexibility index (Phi) is 5.96. The van der Waals surface area contributed by atoms with Crippen LogP contribution in [-0.4, -0.2) is 31.3 Å². The molecule has 1 atom stereocenters. The van der Waals surface area contributed by atoms with Crippen molar-refractivity contribution in [2.45, 2.75) is 52.5 Å². The Morgan fingerprint density at radius 2 is 2.00 bits per heavy atom. The highest BCUT2D eigenvalue weighted by Gasteiger charge is 2.35. The number of hydrogen-bond donors (Lipinski definition) is 1. The van der Waals surface area contributed by atoms with Crippen molar-refractivity contribution in [3.05, 3.63) is 58.7 Å². The largest absolute Gasteiger partial charge is 0.497 e. The fraction of sp³-hybridized carbons (Fsp3) is 0.417.